The third-order valence-electron chi connectivity index (χ3n) is 4.61. The van der Waals surface area contributed by atoms with Gasteiger partial charge in [0.1, 0.15) is 0 Å². The predicted molar refractivity (Wildman–Crippen MR) is 68.3 cm³/mol. The molecule has 0 aromatic heterocycles. The number of aliphatic imine (C=N–C) groups is 1. The lowest BCUT2D eigenvalue weighted by atomic mass is 9.68. The number of nitrogens with zero attached hydrogens (tertiary/aromatic N) is 2. The molecule has 16 heavy (non-hydrogen) atoms. The molecule has 90 valence electrons. The number of rotatable bonds is 2. The first-order valence-electron chi connectivity index (χ1n) is 6.30. The number of guanidine groups is 1. The lowest BCUT2D eigenvalue weighted by molar-refractivity contribution is 0.0546. The van der Waals surface area contributed by atoms with Crippen molar-refractivity contribution in [1.29, 1.82) is 0 Å². The molecule has 2 rings (SSSR count). The van der Waals surface area contributed by atoms with Crippen LogP contribution in [0.2, 0.25) is 0 Å². The van der Waals surface area contributed by atoms with E-state index in [1.54, 1.807) is 0 Å². The Balaban J connectivity index is 2.26. The zero-order chi connectivity index (χ0) is 11.8. The number of nitrogens with two attached hydrogens (primary N) is 1. The summed E-state index contributed by atoms with van der Waals surface area (Å²) >= 11 is 0. The molecule has 3 heteroatoms. The van der Waals surface area contributed by atoms with E-state index in [1.165, 1.54) is 19.3 Å². The van der Waals surface area contributed by atoms with E-state index in [4.69, 9.17) is 5.73 Å². The van der Waals surface area contributed by atoms with Crippen LogP contribution in [-0.2, 0) is 0 Å². The van der Waals surface area contributed by atoms with E-state index < -0.39 is 0 Å². The zero-order valence-corrected chi connectivity index (χ0v) is 10.4. The predicted octanol–water partition coefficient (Wildman–Crippen LogP) is 2.00. The lowest BCUT2D eigenvalue weighted by Gasteiger charge is -2.49. The lowest BCUT2D eigenvalue weighted by Crippen LogP contribution is -2.58. The molecule has 0 aromatic rings. The molecule has 1 saturated carbocycles. The Bertz CT molecular complexity index is 310. The Hall–Kier alpha value is -0.990. The van der Waals surface area contributed by atoms with Crippen molar-refractivity contribution < 1.29 is 0 Å². The second-order valence-electron chi connectivity index (χ2n) is 5.34. The smallest absolute Gasteiger partial charge is 0.192 e. The summed E-state index contributed by atoms with van der Waals surface area (Å²) in [5.41, 5.74) is 6.18. The van der Waals surface area contributed by atoms with E-state index in [1.807, 2.05) is 6.08 Å². The van der Waals surface area contributed by atoms with E-state index in [0.717, 1.165) is 19.0 Å². The van der Waals surface area contributed by atoms with Gasteiger partial charge in [0, 0.05) is 6.54 Å². The number of hydrogen-bond acceptors (Lipinski definition) is 3. The average Bonchev–Trinajstić information content (AvgIpc) is 2.56. The minimum Gasteiger partial charge on any atom is -0.370 e. The van der Waals surface area contributed by atoms with Crippen LogP contribution in [0.1, 0.15) is 33.1 Å². The van der Waals surface area contributed by atoms with Crippen LogP contribution in [0.4, 0.5) is 0 Å². The minimum atomic E-state index is 0.177. The van der Waals surface area contributed by atoms with Gasteiger partial charge in [-0.1, -0.05) is 32.8 Å². The molecule has 0 amide bonds. The van der Waals surface area contributed by atoms with E-state index in [9.17, 15) is 0 Å². The Labute approximate surface area is 98.4 Å². The van der Waals surface area contributed by atoms with Gasteiger partial charge in [-0.15, -0.1) is 6.58 Å². The summed E-state index contributed by atoms with van der Waals surface area (Å²) in [6.45, 7) is 10.2. The van der Waals surface area contributed by atoms with Gasteiger partial charge >= 0.3 is 0 Å². The van der Waals surface area contributed by atoms with Crippen molar-refractivity contribution in [2.75, 3.05) is 13.1 Å². The summed E-state index contributed by atoms with van der Waals surface area (Å²) in [7, 11) is 0. The second kappa shape index (κ2) is 4.11. The van der Waals surface area contributed by atoms with Gasteiger partial charge in [-0.25, -0.2) is 0 Å². The summed E-state index contributed by atoms with van der Waals surface area (Å²) in [4.78, 5) is 6.75. The Morgan fingerprint density at radius 1 is 1.62 bits per heavy atom. The first kappa shape index (κ1) is 11.5. The van der Waals surface area contributed by atoms with Gasteiger partial charge in [0.15, 0.2) is 5.96 Å². The highest BCUT2D eigenvalue weighted by atomic mass is 15.4. The van der Waals surface area contributed by atoms with Crippen molar-refractivity contribution in [2.45, 2.75) is 38.6 Å². The van der Waals surface area contributed by atoms with Crippen molar-refractivity contribution in [3.8, 4) is 0 Å². The summed E-state index contributed by atoms with van der Waals surface area (Å²) in [6, 6.07) is 0. The standard InChI is InChI=1S/C13H23N3/c1-4-8-16-12(14)15-9-13(16)7-5-6-10(2)11(13)3/h4,10-11H,1,5-9H2,2-3H3,(H2,14,15). The molecule has 0 bridgehead atoms. The van der Waals surface area contributed by atoms with Gasteiger partial charge in [0.2, 0.25) is 0 Å². The first-order valence-corrected chi connectivity index (χ1v) is 6.30. The van der Waals surface area contributed by atoms with Crippen molar-refractivity contribution in [3.63, 3.8) is 0 Å². The third kappa shape index (κ3) is 1.53. The SMILES string of the molecule is C=CCN1C(N)=NCC12CCCC(C)C2C. The van der Waals surface area contributed by atoms with Crippen molar-refractivity contribution >= 4 is 5.96 Å². The highest BCUT2D eigenvalue weighted by molar-refractivity contribution is 5.81. The largest absolute Gasteiger partial charge is 0.370 e. The zero-order valence-electron chi connectivity index (χ0n) is 10.4. The van der Waals surface area contributed by atoms with Crippen LogP contribution >= 0.6 is 0 Å². The molecule has 0 radical (unpaired) electrons. The molecule has 3 atom stereocenters. The maximum absolute atomic E-state index is 6.01. The molecule has 0 saturated heterocycles. The van der Waals surface area contributed by atoms with Crippen LogP contribution in [0.3, 0.4) is 0 Å². The van der Waals surface area contributed by atoms with Crippen LogP contribution in [0, 0.1) is 11.8 Å². The maximum Gasteiger partial charge on any atom is 0.192 e. The van der Waals surface area contributed by atoms with Crippen molar-refractivity contribution in [3.05, 3.63) is 12.7 Å². The van der Waals surface area contributed by atoms with Gasteiger partial charge in [0.05, 0.1) is 12.1 Å². The van der Waals surface area contributed by atoms with Crippen LogP contribution in [0.25, 0.3) is 0 Å². The molecular formula is C13H23N3. The molecule has 2 N–H and O–H groups in total. The van der Waals surface area contributed by atoms with Gasteiger partial charge in [0.25, 0.3) is 0 Å². The Morgan fingerprint density at radius 2 is 2.38 bits per heavy atom. The molecule has 0 aromatic carbocycles. The molecule has 1 spiro atoms. The van der Waals surface area contributed by atoms with Gasteiger partial charge in [-0.2, -0.15) is 0 Å². The van der Waals surface area contributed by atoms with Gasteiger partial charge in [-0.05, 0) is 18.3 Å². The highest BCUT2D eigenvalue weighted by Gasteiger charge is 2.49. The van der Waals surface area contributed by atoms with Gasteiger partial charge < -0.3 is 10.6 Å². The maximum atomic E-state index is 6.01. The molecule has 1 aliphatic carbocycles. The fourth-order valence-corrected chi connectivity index (χ4v) is 3.36. The normalized spacial score (nSPS) is 38.9. The van der Waals surface area contributed by atoms with Crippen molar-refractivity contribution in [2.24, 2.45) is 22.6 Å². The fraction of sp³-hybridized carbons (Fsp3) is 0.769. The summed E-state index contributed by atoms with van der Waals surface area (Å²) in [5, 5.41) is 0. The fourth-order valence-electron chi connectivity index (χ4n) is 3.36. The molecule has 1 heterocycles. The summed E-state index contributed by atoms with van der Waals surface area (Å²) in [6.07, 6.45) is 5.78. The molecule has 3 unspecified atom stereocenters. The van der Waals surface area contributed by atoms with E-state index >= 15 is 0 Å². The Morgan fingerprint density at radius 3 is 3.06 bits per heavy atom. The topological polar surface area (TPSA) is 41.6 Å². The average molecular weight is 221 g/mol. The van der Waals surface area contributed by atoms with Crippen LogP contribution in [0.15, 0.2) is 17.6 Å². The second-order valence-corrected chi connectivity index (χ2v) is 5.34. The van der Waals surface area contributed by atoms with Gasteiger partial charge in [-0.3, -0.25) is 4.99 Å². The molecule has 1 aliphatic heterocycles. The van der Waals surface area contributed by atoms with E-state index in [-0.39, 0.29) is 5.54 Å². The third-order valence-corrected chi connectivity index (χ3v) is 4.61. The quantitative estimate of drug-likeness (QED) is 0.725. The molecule has 3 nitrogen and oxygen atoms in total. The molecule has 2 aliphatic rings. The summed E-state index contributed by atoms with van der Waals surface area (Å²) in [5.74, 6) is 2.13. The van der Waals surface area contributed by atoms with Crippen LogP contribution in [-0.4, -0.2) is 29.5 Å². The number of hydrogen-bond donors (Lipinski definition) is 1. The monoisotopic (exact) mass is 221 g/mol. The van der Waals surface area contributed by atoms with Crippen LogP contribution in [0.5, 0.6) is 0 Å². The minimum absolute atomic E-state index is 0.177. The van der Waals surface area contributed by atoms with Crippen LogP contribution < -0.4 is 5.73 Å². The van der Waals surface area contributed by atoms with E-state index in [2.05, 4.69) is 30.3 Å². The van der Waals surface area contributed by atoms with Crippen molar-refractivity contribution in [1.82, 2.24) is 4.90 Å². The summed E-state index contributed by atoms with van der Waals surface area (Å²) < 4.78 is 0. The first-order chi connectivity index (χ1) is 7.62. The molecular weight excluding hydrogens is 198 g/mol. The molecule has 1 fully saturated rings. The Kier molecular flexibility index (Phi) is 2.96. The highest BCUT2D eigenvalue weighted by Crippen LogP contribution is 2.43. The van der Waals surface area contributed by atoms with E-state index in [0.29, 0.717) is 11.9 Å².